The summed E-state index contributed by atoms with van der Waals surface area (Å²) in [7, 11) is 0. The predicted octanol–water partition coefficient (Wildman–Crippen LogP) is 3.59. The number of aromatic hydroxyl groups is 1. The Labute approximate surface area is 121 Å². The number of pyridine rings is 1. The van der Waals surface area contributed by atoms with E-state index in [1.54, 1.807) is 0 Å². The van der Waals surface area contributed by atoms with E-state index in [2.05, 4.69) is 50.2 Å². The van der Waals surface area contributed by atoms with Crippen molar-refractivity contribution in [3.05, 3.63) is 54.9 Å². The Hall–Kier alpha value is -0.370. The Morgan fingerprint density at radius 2 is 1.81 bits per heavy atom. The Bertz CT molecular complexity index is 500. The molecule has 0 saturated heterocycles. The first-order valence-electron chi connectivity index (χ1n) is 4.74. The molecule has 1 aromatic heterocycles. The van der Waals surface area contributed by atoms with Crippen LogP contribution in [0.3, 0.4) is 0 Å². The fourth-order valence-corrected chi connectivity index (χ4v) is 3.24. The Morgan fingerprint density at radius 3 is 2.50 bits per heavy atom. The monoisotopic (exact) mass is 437 g/mol. The lowest BCUT2D eigenvalue weighted by molar-refractivity contribution is 0.461. The van der Waals surface area contributed by atoms with Crippen molar-refractivity contribution in [3.63, 3.8) is 0 Å². The summed E-state index contributed by atoms with van der Waals surface area (Å²) in [6, 6.07) is 11.9. The highest BCUT2D eigenvalue weighted by molar-refractivity contribution is 14.1. The van der Waals surface area contributed by atoms with Gasteiger partial charge in [-0.05, 0) is 56.8 Å². The maximum Gasteiger partial charge on any atom is 0.150 e. The van der Waals surface area contributed by atoms with Crippen LogP contribution in [-0.4, -0.2) is 10.1 Å². The van der Waals surface area contributed by atoms with Crippen molar-refractivity contribution in [3.8, 4) is 5.75 Å². The van der Waals surface area contributed by atoms with Gasteiger partial charge in [-0.2, -0.15) is 0 Å². The van der Waals surface area contributed by atoms with Gasteiger partial charge in [0.05, 0.1) is 9.26 Å². The Balaban J connectivity index is 2.35. The van der Waals surface area contributed by atoms with E-state index in [1.165, 1.54) is 0 Å². The van der Waals surface area contributed by atoms with Gasteiger partial charge in [-0.3, -0.25) is 0 Å². The second kappa shape index (κ2) is 5.31. The molecule has 16 heavy (non-hydrogen) atoms. The number of hydrogen-bond donors (Lipinski definition) is 1. The van der Waals surface area contributed by atoms with Crippen molar-refractivity contribution in [2.45, 2.75) is 6.42 Å². The van der Waals surface area contributed by atoms with Gasteiger partial charge in [0.1, 0.15) is 3.70 Å². The molecule has 0 aliphatic rings. The third-order valence-electron chi connectivity index (χ3n) is 2.20. The van der Waals surface area contributed by atoms with Crippen LogP contribution in [0.25, 0.3) is 0 Å². The fourth-order valence-electron chi connectivity index (χ4n) is 1.44. The van der Waals surface area contributed by atoms with Crippen LogP contribution in [-0.2, 0) is 6.42 Å². The molecule has 4 heteroatoms. The summed E-state index contributed by atoms with van der Waals surface area (Å²) < 4.78 is 1.76. The number of benzene rings is 1. The summed E-state index contributed by atoms with van der Waals surface area (Å²) in [5, 5.41) is 9.91. The molecule has 1 N–H and O–H groups in total. The van der Waals surface area contributed by atoms with Gasteiger partial charge in [0.2, 0.25) is 0 Å². The molecule has 0 aliphatic carbocycles. The van der Waals surface area contributed by atoms with Crippen LogP contribution >= 0.6 is 45.2 Å². The first-order valence-corrected chi connectivity index (χ1v) is 6.90. The maximum absolute atomic E-state index is 9.91. The standard InChI is InChI=1S/C12H9I2NO/c13-9-7-11(14)15-10(12(9)16)6-8-4-2-1-3-5-8/h1-5,7,16H,6H2. The van der Waals surface area contributed by atoms with Gasteiger partial charge in [-0.25, -0.2) is 4.98 Å². The van der Waals surface area contributed by atoms with E-state index >= 15 is 0 Å². The number of hydrogen-bond acceptors (Lipinski definition) is 2. The van der Waals surface area contributed by atoms with Gasteiger partial charge >= 0.3 is 0 Å². The molecule has 2 rings (SSSR count). The SMILES string of the molecule is Oc1c(I)cc(I)nc1Cc1ccccc1. The average molecular weight is 437 g/mol. The smallest absolute Gasteiger partial charge is 0.150 e. The van der Waals surface area contributed by atoms with Gasteiger partial charge in [0, 0.05) is 6.42 Å². The molecule has 0 amide bonds. The maximum atomic E-state index is 9.91. The average Bonchev–Trinajstić information content (AvgIpc) is 2.27. The normalized spacial score (nSPS) is 10.4. The highest BCUT2D eigenvalue weighted by atomic mass is 127. The number of nitrogens with zero attached hydrogens (tertiary/aromatic N) is 1. The van der Waals surface area contributed by atoms with Crippen molar-refractivity contribution < 1.29 is 5.11 Å². The molecule has 0 saturated carbocycles. The minimum atomic E-state index is 0.296. The third kappa shape index (κ3) is 2.85. The summed E-state index contributed by atoms with van der Waals surface area (Å²) in [5.41, 5.74) is 1.89. The summed E-state index contributed by atoms with van der Waals surface area (Å²) in [6.45, 7) is 0. The van der Waals surface area contributed by atoms with Gasteiger partial charge in [-0.1, -0.05) is 30.3 Å². The molecule has 0 bridgehead atoms. The third-order valence-corrected chi connectivity index (χ3v) is 3.58. The zero-order valence-corrected chi connectivity index (χ0v) is 12.6. The summed E-state index contributed by atoms with van der Waals surface area (Å²) in [6.07, 6.45) is 0.666. The summed E-state index contributed by atoms with van der Waals surface area (Å²) in [5.74, 6) is 0.296. The lowest BCUT2D eigenvalue weighted by atomic mass is 10.1. The van der Waals surface area contributed by atoms with Crippen molar-refractivity contribution in [1.29, 1.82) is 0 Å². The largest absolute Gasteiger partial charge is 0.505 e. The highest BCUT2D eigenvalue weighted by Gasteiger charge is 2.09. The predicted molar refractivity (Wildman–Crippen MR) is 80.6 cm³/mol. The quantitative estimate of drug-likeness (QED) is 0.576. The van der Waals surface area contributed by atoms with Crippen LogP contribution in [0.4, 0.5) is 0 Å². The zero-order chi connectivity index (χ0) is 11.5. The Morgan fingerprint density at radius 1 is 1.12 bits per heavy atom. The van der Waals surface area contributed by atoms with Crippen LogP contribution in [0.2, 0.25) is 0 Å². The molecule has 0 atom stereocenters. The van der Waals surface area contributed by atoms with E-state index < -0.39 is 0 Å². The van der Waals surface area contributed by atoms with Crippen LogP contribution in [0.15, 0.2) is 36.4 Å². The van der Waals surface area contributed by atoms with E-state index in [0.717, 1.165) is 18.5 Å². The molecule has 0 aliphatic heterocycles. The van der Waals surface area contributed by atoms with Crippen LogP contribution in [0.5, 0.6) is 5.75 Å². The molecule has 0 unspecified atom stereocenters. The Kier molecular flexibility index (Phi) is 4.01. The van der Waals surface area contributed by atoms with Crippen LogP contribution in [0, 0.1) is 7.27 Å². The first-order chi connectivity index (χ1) is 7.66. The summed E-state index contributed by atoms with van der Waals surface area (Å²) >= 11 is 4.29. The van der Waals surface area contributed by atoms with Crippen LogP contribution < -0.4 is 0 Å². The van der Waals surface area contributed by atoms with E-state index in [4.69, 9.17) is 0 Å². The van der Waals surface area contributed by atoms with Gasteiger partial charge in [-0.15, -0.1) is 0 Å². The minimum absolute atomic E-state index is 0.296. The lowest BCUT2D eigenvalue weighted by Crippen LogP contribution is -1.96. The molecule has 82 valence electrons. The highest BCUT2D eigenvalue weighted by Crippen LogP contribution is 2.26. The second-order valence-corrected chi connectivity index (χ2v) is 5.65. The van der Waals surface area contributed by atoms with E-state index in [0.29, 0.717) is 12.2 Å². The molecule has 2 aromatic rings. The van der Waals surface area contributed by atoms with Crippen molar-refractivity contribution >= 4 is 45.2 Å². The number of halogens is 2. The molecule has 2 nitrogen and oxygen atoms in total. The van der Waals surface area contributed by atoms with E-state index in [9.17, 15) is 5.11 Å². The molecular formula is C12H9I2NO. The second-order valence-electron chi connectivity index (χ2n) is 3.38. The molecule has 1 aromatic carbocycles. The molecular weight excluding hydrogens is 428 g/mol. The van der Waals surface area contributed by atoms with Gasteiger partial charge < -0.3 is 5.11 Å². The topological polar surface area (TPSA) is 33.1 Å². The summed E-state index contributed by atoms with van der Waals surface area (Å²) in [4.78, 5) is 4.36. The van der Waals surface area contributed by atoms with Crippen LogP contribution in [0.1, 0.15) is 11.3 Å². The van der Waals surface area contributed by atoms with E-state index in [1.807, 2.05) is 36.4 Å². The van der Waals surface area contributed by atoms with Gasteiger partial charge in [0.15, 0.2) is 5.75 Å². The zero-order valence-electron chi connectivity index (χ0n) is 8.32. The molecule has 0 spiro atoms. The lowest BCUT2D eigenvalue weighted by Gasteiger charge is -2.06. The fraction of sp³-hybridized carbons (Fsp3) is 0.0833. The van der Waals surface area contributed by atoms with Crippen molar-refractivity contribution in [1.82, 2.24) is 4.98 Å². The number of rotatable bonds is 2. The molecule has 0 radical (unpaired) electrons. The van der Waals surface area contributed by atoms with Gasteiger partial charge in [0.25, 0.3) is 0 Å². The molecule has 1 heterocycles. The minimum Gasteiger partial charge on any atom is -0.505 e. The van der Waals surface area contributed by atoms with E-state index in [-0.39, 0.29) is 0 Å². The number of aromatic nitrogens is 1. The van der Waals surface area contributed by atoms with Crippen molar-refractivity contribution in [2.24, 2.45) is 0 Å². The molecule has 0 fully saturated rings. The first kappa shape index (κ1) is 12.1. The van der Waals surface area contributed by atoms with Crippen molar-refractivity contribution in [2.75, 3.05) is 0 Å².